The Kier molecular flexibility index (Phi) is 3.68. The van der Waals surface area contributed by atoms with E-state index in [0.29, 0.717) is 11.8 Å². The molecular weight excluding hydrogens is 234 g/mol. The van der Waals surface area contributed by atoms with Crippen molar-refractivity contribution in [3.8, 4) is 0 Å². The maximum Gasteiger partial charge on any atom is 0.0531 e. The molecule has 3 fully saturated rings. The molecule has 1 heterocycles. The van der Waals surface area contributed by atoms with Crippen LogP contribution in [-0.4, -0.2) is 16.1 Å². The largest absolute Gasteiger partial charge is 0.142 e. The molecule has 0 aromatic heterocycles. The fraction of sp³-hybridized carbons (Fsp3) is 1.00. The van der Waals surface area contributed by atoms with Gasteiger partial charge in [-0.25, -0.2) is 0 Å². The molecule has 0 amide bonds. The molecule has 0 N–H and O–H groups in total. The van der Waals surface area contributed by atoms with Crippen molar-refractivity contribution in [1.82, 2.24) is 5.06 Å². The summed E-state index contributed by atoms with van der Waals surface area (Å²) in [5.74, 6) is 1.30. The van der Waals surface area contributed by atoms with E-state index in [-0.39, 0.29) is 11.1 Å². The smallest absolute Gasteiger partial charge is 0.0531 e. The zero-order valence-corrected chi connectivity index (χ0v) is 12.8. The highest BCUT2D eigenvalue weighted by Gasteiger charge is 2.61. The Labute approximate surface area is 118 Å². The van der Waals surface area contributed by atoms with Gasteiger partial charge in [0.25, 0.3) is 0 Å². The summed E-state index contributed by atoms with van der Waals surface area (Å²) < 4.78 is 0. The van der Waals surface area contributed by atoms with E-state index in [4.69, 9.17) is 0 Å². The van der Waals surface area contributed by atoms with Crippen LogP contribution in [0.3, 0.4) is 0 Å². The van der Waals surface area contributed by atoms with Gasteiger partial charge in [0.15, 0.2) is 0 Å². The Morgan fingerprint density at radius 2 is 1.42 bits per heavy atom. The van der Waals surface area contributed by atoms with E-state index in [0.717, 1.165) is 0 Å². The molecule has 2 aliphatic carbocycles. The second-order valence-corrected chi connectivity index (χ2v) is 7.80. The summed E-state index contributed by atoms with van der Waals surface area (Å²) in [5.41, 5.74) is 0.0499. The minimum atomic E-state index is 0.0176. The number of hydroxylamine groups is 2. The van der Waals surface area contributed by atoms with Gasteiger partial charge in [0.05, 0.1) is 11.1 Å². The van der Waals surface area contributed by atoms with Gasteiger partial charge in [-0.05, 0) is 43.9 Å². The van der Waals surface area contributed by atoms with Crippen molar-refractivity contribution < 1.29 is 5.21 Å². The van der Waals surface area contributed by atoms with Crippen molar-refractivity contribution in [2.45, 2.75) is 95.6 Å². The first kappa shape index (κ1) is 13.9. The molecule has 0 aromatic rings. The van der Waals surface area contributed by atoms with Crippen molar-refractivity contribution in [3.63, 3.8) is 0 Å². The number of hydrogen-bond acceptors (Lipinski definition) is 1. The average Bonchev–Trinajstić information content (AvgIpc) is 2.65. The van der Waals surface area contributed by atoms with Crippen LogP contribution in [0.2, 0.25) is 0 Å². The topological polar surface area (TPSA) is 23.1 Å². The fourth-order valence-corrected chi connectivity index (χ4v) is 5.52. The van der Waals surface area contributed by atoms with Crippen molar-refractivity contribution in [2.75, 3.05) is 0 Å². The third-order valence-electron chi connectivity index (χ3n) is 6.43. The van der Waals surface area contributed by atoms with E-state index in [1.807, 2.05) is 0 Å². The number of hydrogen-bond donors (Lipinski definition) is 0. The van der Waals surface area contributed by atoms with Gasteiger partial charge in [-0.1, -0.05) is 52.4 Å². The zero-order valence-electron chi connectivity index (χ0n) is 12.8. The molecular formula is C17H30NO. The van der Waals surface area contributed by atoms with Crippen LogP contribution in [0.1, 0.15) is 84.5 Å². The fourth-order valence-electron chi connectivity index (χ4n) is 5.52. The molecule has 0 bridgehead atoms. The number of rotatable bonds is 1. The van der Waals surface area contributed by atoms with Crippen molar-refractivity contribution in [1.29, 1.82) is 0 Å². The molecule has 2 heteroatoms. The van der Waals surface area contributed by atoms with Gasteiger partial charge in [-0.3, -0.25) is 0 Å². The Hall–Kier alpha value is -0.0800. The first-order valence-corrected chi connectivity index (χ1v) is 8.58. The van der Waals surface area contributed by atoms with E-state index >= 15 is 0 Å². The quantitative estimate of drug-likeness (QED) is 0.672. The predicted molar refractivity (Wildman–Crippen MR) is 77.1 cm³/mol. The first-order valence-electron chi connectivity index (χ1n) is 8.58. The highest BCUT2D eigenvalue weighted by atomic mass is 16.5. The van der Waals surface area contributed by atoms with E-state index in [9.17, 15) is 5.21 Å². The molecule has 109 valence electrons. The van der Waals surface area contributed by atoms with Crippen LogP contribution >= 0.6 is 0 Å². The Morgan fingerprint density at radius 1 is 0.895 bits per heavy atom. The number of nitrogens with zero attached hydrogens (tertiary/aromatic N) is 1. The maximum absolute atomic E-state index is 13.3. The normalized spacial score (nSPS) is 34.4. The summed E-state index contributed by atoms with van der Waals surface area (Å²) in [4.78, 5) is 0. The average molecular weight is 264 g/mol. The lowest BCUT2D eigenvalue weighted by molar-refractivity contribution is -0.278. The highest BCUT2D eigenvalue weighted by molar-refractivity contribution is 5.11. The minimum absolute atomic E-state index is 0.0176. The van der Waals surface area contributed by atoms with Gasteiger partial charge in [-0.15, -0.1) is 10.3 Å². The first-order chi connectivity index (χ1) is 9.11. The van der Waals surface area contributed by atoms with Crippen LogP contribution in [-0.2, 0) is 5.21 Å². The van der Waals surface area contributed by atoms with Gasteiger partial charge < -0.3 is 0 Å². The van der Waals surface area contributed by atoms with E-state index in [1.165, 1.54) is 70.6 Å². The third-order valence-corrected chi connectivity index (χ3v) is 6.43. The van der Waals surface area contributed by atoms with Gasteiger partial charge >= 0.3 is 0 Å². The summed E-state index contributed by atoms with van der Waals surface area (Å²) in [6.07, 6.45) is 13.6. The van der Waals surface area contributed by atoms with Crippen LogP contribution in [0.5, 0.6) is 0 Å². The Morgan fingerprint density at radius 3 is 1.95 bits per heavy atom. The summed E-state index contributed by atoms with van der Waals surface area (Å²) >= 11 is 0. The molecule has 0 aromatic carbocycles. The lowest BCUT2D eigenvalue weighted by Gasteiger charge is -2.46. The molecule has 2 nitrogen and oxygen atoms in total. The molecule has 19 heavy (non-hydrogen) atoms. The van der Waals surface area contributed by atoms with Crippen LogP contribution < -0.4 is 0 Å². The summed E-state index contributed by atoms with van der Waals surface area (Å²) in [6, 6.07) is 0. The van der Waals surface area contributed by atoms with Crippen molar-refractivity contribution in [2.24, 2.45) is 11.8 Å². The SMILES string of the molecule is CC(C)C1CC2(CCCCC2)N([O])C12CCCCC2. The molecule has 1 unspecified atom stereocenters. The van der Waals surface area contributed by atoms with Crippen LogP contribution in [0.25, 0.3) is 0 Å². The van der Waals surface area contributed by atoms with E-state index in [1.54, 1.807) is 5.06 Å². The molecule has 2 saturated carbocycles. The predicted octanol–water partition coefficient (Wildman–Crippen LogP) is 4.72. The summed E-state index contributed by atoms with van der Waals surface area (Å²) in [7, 11) is 0. The lowest BCUT2D eigenvalue weighted by atomic mass is 9.69. The molecule has 1 aliphatic heterocycles. The van der Waals surface area contributed by atoms with Gasteiger partial charge in [0.1, 0.15) is 0 Å². The van der Waals surface area contributed by atoms with Crippen LogP contribution in [0, 0.1) is 11.8 Å². The monoisotopic (exact) mass is 264 g/mol. The standard InChI is InChI=1S/C17H30NO/c1-14(2)15-13-16(9-5-3-6-10-16)18(19)17(15)11-7-4-8-12-17/h14-15H,3-13H2,1-2H3. The minimum Gasteiger partial charge on any atom is -0.142 e. The third kappa shape index (κ3) is 2.06. The van der Waals surface area contributed by atoms with E-state index < -0.39 is 0 Å². The second-order valence-electron chi connectivity index (χ2n) is 7.80. The molecule has 2 spiro atoms. The van der Waals surface area contributed by atoms with Gasteiger partial charge in [0.2, 0.25) is 0 Å². The molecule has 1 saturated heterocycles. The van der Waals surface area contributed by atoms with Crippen molar-refractivity contribution in [3.05, 3.63) is 0 Å². The second kappa shape index (κ2) is 5.04. The highest BCUT2D eigenvalue weighted by Crippen LogP contribution is 2.57. The Bertz CT molecular complexity index is 313. The zero-order chi connectivity index (χ0) is 13.5. The molecule has 3 aliphatic rings. The maximum atomic E-state index is 13.3. The lowest BCUT2D eigenvalue weighted by Crippen LogP contribution is -2.54. The summed E-state index contributed by atoms with van der Waals surface area (Å²) in [5, 5.41) is 15.0. The molecule has 1 atom stereocenters. The molecule has 3 rings (SSSR count). The summed E-state index contributed by atoms with van der Waals surface area (Å²) in [6.45, 7) is 4.69. The molecule has 1 radical (unpaired) electrons. The Balaban J connectivity index is 1.92. The van der Waals surface area contributed by atoms with Crippen LogP contribution in [0.15, 0.2) is 0 Å². The van der Waals surface area contributed by atoms with E-state index in [2.05, 4.69) is 13.8 Å². The van der Waals surface area contributed by atoms with Crippen LogP contribution in [0.4, 0.5) is 0 Å². The van der Waals surface area contributed by atoms with Crippen molar-refractivity contribution >= 4 is 0 Å². The van der Waals surface area contributed by atoms with Gasteiger partial charge in [-0.2, -0.15) is 0 Å². The van der Waals surface area contributed by atoms with Gasteiger partial charge in [0, 0.05) is 0 Å².